The van der Waals surface area contributed by atoms with Gasteiger partial charge in [0.05, 0.1) is 16.7 Å². The van der Waals surface area contributed by atoms with Gasteiger partial charge in [-0.1, -0.05) is 159 Å². The molecule has 0 saturated heterocycles. The molecule has 1 aliphatic carbocycles. The van der Waals surface area contributed by atoms with Gasteiger partial charge in [0.1, 0.15) is 11.2 Å². The Hall–Kier alpha value is -7.63. The summed E-state index contributed by atoms with van der Waals surface area (Å²) in [7, 11) is 0. The van der Waals surface area contributed by atoms with Crippen LogP contribution < -0.4 is 0 Å². The second kappa shape index (κ2) is 12.7. The third kappa shape index (κ3) is 5.08. The van der Waals surface area contributed by atoms with Gasteiger partial charge < -0.3 is 8.98 Å². The Bertz CT molecular complexity index is 3410. The van der Waals surface area contributed by atoms with Crippen molar-refractivity contribution < 1.29 is 4.42 Å². The second-order valence-corrected chi connectivity index (χ2v) is 16.0. The molecule has 8 aromatic carbocycles. The van der Waals surface area contributed by atoms with Crippen LogP contribution in [0.15, 0.2) is 186 Å². The van der Waals surface area contributed by atoms with E-state index in [1.165, 1.54) is 33.0 Å². The first kappa shape index (κ1) is 33.5. The number of rotatable bonds is 5. The minimum atomic E-state index is -0.167. The van der Waals surface area contributed by atoms with Crippen LogP contribution in [0.1, 0.15) is 25.0 Å². The Morgan fingerprint density at radius 1 is 0.407 bits per heavy atom. The van der Waals surface area contributed by atoms with Gasteiger partial charge in [-0.25, -0.2) is 15.0 Å². The van der Waals surface area contributed by atoms with Crippen LogP contribution >= 0.6 is 0 Å². The molecule has 0 amide bonds. The molecule has 0 unspecified atom stereocenters. The summed E-state index contributed by atoms with van der Waals surface area (Å²) in [6.07, 6.45) is 0. The molecular weight excluding hydrogens is 721 g/mol. The zero-order valence-electron chi connectivity index (χ0n) is 32.5. The molecule has 278 valence electrons. The maximum atomic E-state index is 6.46. The molecule has 3 aromatic heterocycles. The van der Waals surface area contributed by atoms with Gasteiger partial charge >= 0.3 is 0 Å². The number of para-hydroxylation sites is 2. The summed E-state index contributed by atoms with van der Waals surface area (Å²) in [6, 6.07) is 64.2. The third-order valence-electron chi connectivity index (χ3n) is 12.3. The minimum Gasteiger partial charge on any atom is -0.456 e. The van der Waals surface area contributed by atoms with Crippen LogP contribution in [0.2, 0.25) is 0 Å². The smallest absolute Gasteiger partial charge is 0.164 e. The molecule has 0 N–H and O–H groups in total. The molecule has 59 heavy (non-hydrogen) atoms. The van der Waals surface area contributed by atoms with Gasteiger partial charge in [-0.2, -0.15) is 0 Å². The van der Waals surface area contributed by atoms with Crippen molar-refractivity contribution >= 4 is 43.7 Å². The molecule has 5 heteroatoms. The van der Waals surface area contributed by atoms with Gasteiger partial charge in [-0.3, -0.25) is 0 Å². The SMILES string of the molecule is CC1(C)c2ccccc2-c2cc3c4ccccc4n(-c4cc(-c5nc(-c6ccccc6)nc(-c6ccccc6)n5)ccc4-c4cccc5oc6ccccc6c45)c3cc21. The number of aromatic nitrogens is 4. The van der Waals surface area contributed by atoms with E-state index < -0.39 is 0 Å². The summed E-state index contributed by atoms with van der Waals surface area (Å²) in [4.78, 5) is 15.4. The Labute approximate surface area is 340 Å². The molecule has 0 fully saturated rings. The molecule has 12 rings (SSSR count). The predicted molar refractivity (Wildman–Crippen MR) is 241 cm³/mol. The van der Waals surface area contributed by atoms with E-state index in [1.54, 1.807) is 0 Å². The highest BCUT2D eigenvalue weighted by Crippen LogP contribution is 2.51. The van der Waals surface area contributed by atoms with Crippen LogP contribution in [-0.4, -0.2) is 19.5 Å². The third-order valence-corrected chi connectivity index (χ3v) is 12.3. The molecule has 0 atom stereocenters. The van der Waals surface area contributed by atoms with Crippen molar-refractivity contribution in [3.63, 3.8) is 0 Å². The van der Waals surface area contributed by atoms with E-state index in [2.05, 4.69) is 152 Å². The lowest BCUT2D eigenvalue weighted by atomic mass is 9.82. The number of nitrogens with zero attached hydrogens (tertiary/aromatic N) is 4. The topological polar surface area (TPSA) is 56.7 Å². The summed E-state index contributed by atoms with van der Waals surface area (Å²) >= 11 is 0. The molecule has 5 nitrogen and oxygen atoms in total. The first-order valence-electron chi connectivity index (χ1n) is 20.1. The van der Waals surface area contributed by atoms with Crippen molar-refractivity contribution in [2.24, 2.45) is 0 Å². The molecular formula is C54H36N4O. The highest BCUT2D eigenvalue weighted by molar-refractivity contribution is 6.15. The van der Waals surface area contributed by atoms with E-state index in [-0.39, 0.29) is 5.41 Å². The van der Waals surface area contributed by atoms with Gasteiger partial charge in [0.15, 0.2) is 17.5 Å². The lowest BCUT2D eigenvalue weighted by molar-refractivity contribution is 0.661. The lowest BCUT2D eigenvalue weighted by Crippen LogP contribution is -2.15. The number of benzene rings is 8. The molecule has 0 aliphatic heterocycles. The molecule has 3 heterocycles. The van der Waals surface area contributed by atoms with E-state index >= 15 is 0 Å². The first-order chi connectivity index (χ1) is 29.0. The average molecular weight is 757 g/mol. The Morgan fingerprint density at radius 2 is 1.02 bits per heavy atom. The molecule has 1 aliphatic rings. The fourth-order valence-corrected chi connectivity index (χ4v) is 9.44. The highest BCUT2D eigenvalue weighted by Gasteiger charge is 2.36. The van der Waals surface area contributed by atoms with E-state index in [0.717, 1.165) is 66.5 Å². The van der Waals surface area contributed by atoms with Crippen LogP contribution in [0.25, 0.3) is 106 Å². The molecule has 11 aromatic rings. The Kier molecular flexibility index (Phi) is 7.20. The largest absolute Gasteiger partial charge is 0.456 e. The highest BCUT2D eigenvalue weighted by atomic mass is 16.3. The number of fused-ring (bicyclic) bond motifs is 9. The van der Waals surface area contributed by atoms with Crippen LogP contribution in [0.5, 0.6) is 0 Å². The first-order valence-corrected chi connectivity index (χ1v) is 20.1. The van der Waals surface area contributed by atoms with E-state index in [0.29, 0.717) is 17.5 Å². The molecule has 0 spiro atoms. The van der Waals surface area contributed by atoms with Crippen molar-refractivity contribution in [1.29, 1.82) is 0 Å². The zero-order valence-corrected chi connectivity index (χ0v) is 32.5. The average Bonchev–Trinajstić information content (AvgIpc) is 3.91. The number of hydrogen-bond acceptors (Lipinski definition) is 4. The lowest BCUT2D eigenvalue weighted by Gasteiger charge is -2.22. The standard InChI is InChI=1S/C54H36N4O/c1-54(2)43-24-12-9-20-36(43)41-31-42-37-21-10-13-25-45(37)58(47(42)32-44(41)54)46-30-35(28-29-38(46)39-23-15-27-49-50(39)40-22-11-14-26-48(40)59-49)53-56-51(33-16-5-3-6-17-33)55-52(57-53)34-18-7-4-8-19-34/h3-32H,1-2H3. The summed E-state index contributed by atoms with van der Waals surface area (Å²) in [5, 5.41) is 4.60. The number of furan rings is 1. The molecule has 0 radical (unpaired) electrons. The van der Waals surface area contributed by atoms with Crippen molar-refractivity contribution in [3.05, 3.63) is 193 Å². The fraction of sp³-hybridized carbons (Fsp3) is 0.0556. The second-order valence-electron chi connectivity index (χ2n) is 16.0. The van der Waals surface area contributed by atoms with Crippen molar-refractivity contribution in [1.82, 2.24) is 19.5 Å². The van der Waals surface area contributed by atoms with Crippen LogP contribution in [0.4, 0.5) is 0 Å². The summed E-state index contributed by atoms with van der Waals surface area (Å²) in [6.45, 7) is 4.70. The molecule has 0 bridgehead atoms. The Morgan fingerprint density at radius 3 is 1.78 bits per heavy atom. The van der Waals surface area contributed by atoms with Gasteiger partial charge in [-0.05, 0) is 64.2 Å². The van der Waals surface area contributed by atoms with Gasteiger partial charge in [0.2, 0.25) is 0 Å². The predicted octanol–water partition coefficient (Wildman–Crippen LogP) is 13.8. The monoisotopic (exact) mass is 756 g/mol. The molecule has 0 saturated carbocycles. The van der Waals surface area contributed by atoms with Gasteiger partial charge in [-0.15, -0.1) is 0 Å². The summed E-state index contributed by atoms with van der Waals surface area (Å²) in [5.74, 6) is 1.86. The van der Waals surface area contributed by atoms with E-state index in [1.807, 2.05) is 48.5 Å². The zero-order chi connectivity index (χ0) is 39.2. The van der Waals surface area contributed by atoms with E-state index in [4.69, 9.17) is 19.4 Å². The Balaban J connectivity index is 1.18. The van der Waals surface area contributed by atoms with Gasteiger partial charge in [0, 0.05) is 49.2 Å². The quantitative estimate of drug-likeness (QED) is 0.175. The number of hydrogen-bond donors (Lipinski definition) is 0. The van der Waals surface area contributed by atoms with Crippen LogP contribution in [-0.2, 0) is 5.41 Å². The van der Waals surface area contributed by atoms with Crippen molar-refractivity contribution in [3.8, 4) is 62.1 Å². The maximum Gasteiger partial charge on any atom is 0.164 e. The maximum absolute atomic E-state index is 6.46. The minimum absolute atomic E-state index is 0.167. The van der Waals surface area contributed by atoms with Crippen molar-refractivity contribution in [2.45, 2.75) is 19.3 Å². The van der Waals surface area contributed by atoms with Crippen LogP contribution in [0, 0.1) is 0 Å². The summed E-state index contributed by atoms with van der Waals surface area (Å²) < 4.78 is 8.92. The van der Waals surface area contributed by atoms with Crippen molar-refractivity contribution in [2.75, 3.05) is 0 Å². The normalized spacial score (nSPS) is 13.1. The van der Waals surface area contributed by atoms with Gasteiger partial charge in [0.25, 0.3) is 0 Å². The van der Waals surface area contributed by atoms with E-state index in [9.17, 15) is 0 Å². The summed E-state index contributed by atoms with van der Waals surface area (Å²) in [5.41, 5.74) is 15.1. The van der Waals surface area contributed by atoms with Crippen LogP contribution in [0.3, 0.4) is 0 Å². The fourth-order valence-electron chi connectivity index (χ4n) is 9.44.